The average molecular weight is 275 g/mol. The lowest BCUT2D eigenvalue weighted by molar-refractivity contribution is -0.113. The van der Waals surface area contributed by atoms with Crippen LogP contribution in [0.3, 0.4) is 0 Å². The van der Waals surface area contributed by atoms with Crippen LogP contribution in [0.2, 0.25) is 0 Å². The van der Waals surface area contributed by atoms with E-state index in [1.54, 1.807) is 0 Å². The molecular weight excluding hydrogens is 254 g/mol. The maximum Gasteiger partial charge on any atom is 0.231 e. The summed E-state index contributed by atoms with van der Waals surface area (Å²) in [5.74, 6) is 2.39. The van der Waals surface area contributed by atoms with E-state index in [-0.39, 0.29) is 5.41 Å². The molecule has 3 aliphatic rings. The van der Waals surface area contributed by atoms with Gasteiger partial charge < -0.3 is 19.5 Å². The summed E-state index contributed by atoms with van der Waals surface area (Å²) < 4.78 is 16.6. The molecule has 1 aliphatic carbocycles. The van der Waals surface area contributed by atoms with Crippen LogP contribution in [0.1, 0.15) is 25.8 Å². The molecule has 2 heterocycles. The fraction of sp³-hybridized carbons (Fsp3) is 0.625. The highest BCUT2D eigenvalue weighted by molar-refractivity contribution is 5.44. The van der Waals surface area contributed by atoms with Crippen LogP contribution in [-0.2, 0) is 11.3 Å². The van der Waals surface area contributed by atoms with Crippen molar-refractivity contribution < 1.29 is 14.2 Å². The van der Waals surface area contributed by atoms with Crippen molar-refractivity contribution in [2.24, 2.45) is 11.3 Å². The molecule has 1 N–H and O–H groups in total. The quantitative estimate of drug-likeness (QED) is 0.919. The van der Waals surface area contributed by atoms with Crippen molar-refractivity contribution in [3.05, 3.63) is 23.8 Å². The molecule has 0 bridgehead atoms. The number of rotatable bonds is 3. The average Bonchev–Trinajstić information content (AvgIpc) is 3.05. The van der Waals surface area contributed by atoms with Gasteiger partial charge in [-0.2, -0.15) is 0 Å². The minimum absolute atomic E-state index is 0.234. The molecule has 1 aromatic carbocycles. The number of hydrogen-bond acceptors (Lipinski definition) is 4. The van der Waals surface area contributed by atoms with Crippen LogP contribution >= 0.6 is 0 Å². The summed E-state index contributed by atoms with van der Waals surface area (Å²) >= 11 is 0. The van der Waals surface area contributed by atoms with E-state index in [4.69, 9.17) is 14.2 Å². The minimum Gasteiger partial charge on any atom is -0.454 e. The summed E-state index contributed by atoms with van der Waals surface area (Å²) in [6.45, 7) is 6.73. The van der Waals surface area contributed by atoms with Gasteiger partial charge in [0, 0.05) is 30.5 Å². The molecule has 20 heavy (non-hydrogen) atoms. The molecule has 0 aromatic heterocycles. The molecule has 2 fully saturated rings. The van der Waals surface area contributed by atoms with Crippen molar-refractivity contribution in [3.8, 4) is 11.5 Å². The van der Waals surface area contributed by atoms with Gasteiger partial charge in [-0.05, 0) is 24.1 Å². The van der Waals surface area contributed by atoms with Crippen molar-refractivity contribution in [2.75, 3.05) is 13.4 Å². The van der Waals surface area contributed by atoms with Crippen molar-refractivity contribution in [2.45, 2.75) is 39.0 Å². The summed E-state index contributed by atoms with van der Waals surface area (Å²) in [5, 5.41) is 3.71. The maximum absolute atomic E-state index is 5.83. The van der Waals surface area contributed by atoms with Gasteiger partial charge in [0.15, 0.2) is 11.5 Å². The Hall–Kier alpha value is -1.26. The number of hydrogen-bond donors (Lipinski definition) is 1. The first kappa shape index (κ1) is 12.5. The summed E-state index contributed by atoms with van der Waals surface area (Å²) in [7, 11) is 0. The van der Waals surface area contributed by atoms with E-state index in [1.807, 2.05) is 6.07 Å². The van der Waals surface area contributed by atoms with Gasteiger partial charge in [-0.3, -0.25) is 0 Å². The molecule has 4 nitrogen and oxygen atoms in total. The van der Waals surface area contributed by atoms with Gasteiger partial charge in [-0.15, -0.1) is 0 Å². The van der Waals surface area contributed by atoms with Gasteiger partial charge >= 0.3 is 0 Å². The van der Waals surface area contributed by atoms with Crippen LogP contribution in [0.25, 0.3) is 0 Å². The predicted molar refractivity (Wildman–Crippen MR) is 74.8 cm³/mol. The van der Waals surface area contributed by atoms with Crippen LogP contribution in [0.15, 0.2) is 18.2 Å². The van der Waals surface area contributed by atoms with Gasteiger partial charge in [0.2, 0.25) is 6.79 Å². The Balaban J connectivity index is 1.43. The van der Waals surface area contributed by atoms with E-state index in [1.165, 1.54) is 12.0 Å². The number of nitrogens with one attached hydrogen (secondary N) is 1. The van der Waals surface area contributed by atoms with Gasteiger partial charge in [-0.25, -0.2) is 0 Å². The third-order valence-electron chi connectivity index (χ3n) is 5.06. The molecule has 1 saturated heterocycles. The van der Waals surface area contributed by atoms with Gasteiger partial charge in [-0.1, -0.05) is 19.9 Å². The Morgan fingerprint density at radius 3 is 3.00 bits per heavy atom. The Bertz CT molecular complexity index is 528. The number of benzene rings is 1. The normalized spacial score (nSPS) is 32.8. The second kappa shape index (κ2) is 4.37. The molecule has 0 radical (unpaired) electrons. The van der Waals surface area contributed by atoms with Crippen LogP contribution < -0.4 is 14.8 Å². The molecule has 4 rings (SSSR count). The zero-order valence-electron chi connectivity index (χ0n) is 12.0. The van der Waals surface area contributed by atoms with Crippen LogP contribution in [-0.4, -0.2) is 25.5 Å². The van der Waals surface area contributed by atoms with Crippen molar-refractivity contribution in [3.63, 3.8) is 0 Å². The monoisotopic (exact) mass is 275 g/mol. The Morgan fingerprint density at radius 2 is 2.10 bits per heavy atom. The van der Waals surface area contributed by atoms with Crippen molar-refractivity contribution in [1.82, 2.24) is 5.32 Å². The van der Waals surface area contributed by atoms with Crippen LogP contribution in [0, 0.1) is 11.3 Å². The smallest absolute Gasteiger partial charge is 0.231 e. The summed E-state index contributed by atoms with van der Waals surface area (Å²) in [5.41, 5.74) is 1.48. The van der Waals surface area contributed by atoms with Crippen LogP contribution in [0.4, 0.5) is 0 Å². The zero-order valence-corrected chi connectivity index (χ0v) is 12.0. The summed E-state index contributed by atoms with van der Waals surface area (Å²) in [6.07, 6.45) is 1.63. The second-order valence-corrected chi connectivity index (χ2v) is 6.61. The minimum atomic E-state index is 0.234. The molecule has 1 aromatic rings. The second-order valence-electron chi connectivity index (χ2n) is 6.61. The van der Waals surface area contributed by atoms with E-state index >= 15 is 0 Å². The highest BCUT2D eigenvalue weighted by Gasteiger charge is 2.58. The van der Waals surface area contributed by atoms with E-state index in [0.29, 0.717) is 24.9 Å². The summed E-state index contributed by atoms with van der Waals surface area (Å²) in [4.78, 5) is 0. The first-order valence-corrected chi connectivity index (χ1v) is 7.40. The largest absolute Gasteiger partial charge is 0.454 e. The number of fused-ring (bicyclic) bond motifs is 2. The topological polar surface area (TPSA) is 39.7 Å². The lowest BCUT2D eigenvalue weighted by atomic mass is 9.57. The van der Waals surface area contributed by atoms with Crippen molar-refractivity contribution >= 4 is 0 Å². The van der Waals surface area contributed by atoms with E-state index in [2.05, 4.69) is 31.3 Å². The van der Waals surface area contributed by atoms with Crippen molar-refractivity contribution in [1.29, 1.82) is 0 Å². The lowest BCUT2D eigenvalue weighted by Crippen LogP contribution is -2.65. The fourth-order valence-electron chi connectivity index (χ4n) is 4.02. The zero-order chi connectivity index (χ0) is 13.7. The Morgan fingerprint density at radius 1 is 1.25 bits per heavy atom. The van der Waals surface area contributed by atoms with Gasteiger partial charge in [0.05, 0.1) is 6.10 Å². The molecular formula is C16H21NO3. The predicted octanol–water partition coefficient (Wildman–Crippen LogP) is 2.32. The highest BCUT2D eigenvalue weighted by Crippen LogP contribution is 2.52. The highest BCUT2D eigenvalue weighted by atomic mass is 16.7. The third kappa shape index (κ3) is 1.75. The SMILES string of the molecule is CC1(C)[C@H](NCc2ccc3c(c2)OCO3)[C@H]2CCO[C@@H]21. The number of ether oxygens (including phenoxy) is 3. The molecule has 4 heteroatoms. The molecule has 2 aliphatic heterocycles. The first-order valence-electron chi connectivity index (χ1n) is 7.40. The Labute approximate surface area is 119 Å². The molecule has 108 valence electrons. The lowest BCUT2D eigenvalue weighted by Gasteiger charge is -2.55. The van der Waals surface area contributed by atoms with E-state index < -0.39 is 0 Å². The molecule has 0 spiro atoms. The first-order chi connectivity index (χ1) is 9.66. The fourth-order valence-corrected chi connectivity index (χ4v) is 4.02. The third-order valence-corrected chi connectivity index (χ3v) is 5.06. The van der Waals surface area contributed by atoms with Crippen LogP contribution in [0.5, 0.6) is 11.5 Å². The summed E-state index contributed by atoms with van der Waals surface area (Å²) in [6, 6.07) is 6.71. The van der Waals surface area contributed by atoms with E-state index in [9.17, 15) is 0 Å². The Kier molecular flexibility index (Phi) is 2.72. The standard InChI is InChI=1S/C16H21NO3/c1-16(2)14(11-5-6-18-15(11)16)17-8-10-3-4-12-13(7-10)20-9-19-12/h3-4,7,11,14-15,17H,5-6,8-9H2,1-2H3/t11-,14-,15+/m1/s1. The molecule has 1 saturated carbocycles. The molecule has 0 unspecified atom stereocenters. The maximum atomic E-state index is 5.83. The van der Waals surface area contributed by atoms with Gasteiger partial charge in [0.1, 0.15) is 0 Å². The molecule has 3 atom stereocenters. The van der Waals surface area contributed by atoms with E-state index in [0.717, 1.165) is 24.7 Å². The van der Waals surface area contributed by atoms with Gasteiger partial charge in [0.25, 0.3) is 0 Å². The molecule has 0 amide bonds.